The third kappa shape index (κ3) is 2.63. The van der Waals surface area contributed by atoms with Gasteiger partial charge >= 0.3 is 6.18 Å². The number of alkyl halides is 3. The zero-order chi connectivity index (χ0) is 18.4. The minimum absolute atomic E-state index is 0.402. The molecule has 0 saturated heterocycles. The van der Waals surface area contributed by atoms with E-state index in [1.807, 2.05) is 48.5 Å². The molecule has 0 radical (unpaired) electrons. The van der Waals surface area contributed by atoms with Crippen molar-refractivity contribution in [3.63, 3.8) is 0 Å². The summed E-state index contributed by atoms with van der Waals surface area (Å²) in [4.78, 5) is 0. The van der Waals surface area contributed by atoms with Crippen LogP contribution in [0, 0.1) is 0 Å². The van der Waals surface area contributed by atoms with Crippen LogP contribution in [0.25, 0.3) is 0 Å². The SMILES string of the molecule is O=P1(c2ccc(C(F)(F)F)cc2)c2ccccc2CN1c1ccccc1. The Balaban J connectivity index is 1.88. The van der Waals surface area contributed by atoms with Crippen LogP contribution in [0.1, 0.15) is 11.1 Å². The fourth-order valence-electron chi connectivity index (χ4n) is 3.32. The molecule has 4 rings (SSSR count). The number of anilines is 1. The summed E-state index contributed by atoms with van der Waals surface area (Å²) < 4.78 is 54.7. The van der Waals surface area contributed by atoms with E-state index in [1.165, 1.54) is 12.1 Å². The molecule has 0 aliphatic carbocycles. The maximum absolute atomic E-state index is 14.2. The van der Waals surface area contributed by atoms with Gasteiger partial charge in [-0.3, -0.25) is 4.57 Å². The molecule has 0 amide bonds. The number of rotatable bonds is 2. The predicted octanol–water partition coefficient (Wildman–Crippen LogP) is 4.95. The number of nitrogens with zero attached hydrogens (tertiary/aromatic N) is 1. The first-order valence-electron chi connectivity index (χ1n) is 8.10. The van der Waals surface area contributed by atoms with E-state index in [0.29, 0.717) is 17.2 Å². The van der Waals surface area contributed by atoms with E-state index in [1.54, 1.807) is 10.7 Å². The van der Waals surface area contributed by atoms with Crippen LogP contribution < -0.4 is 15.3 Å². The molecular formula is C20H15F3NOP. The van der Waals surface area contributed by atoms with Gasteiger partial charge in [0.1, 0.15) is 0 Å². The lowest BCUT2D eigenvalue weighted by Crippen LogP contribution is -2.25. The van der Waals surface area contributed by atoms with Crippen molar-refractivity contribution in [2.24, 2.45) is 0 Å². The highest BCUT2D eigenvalue weighted by molar-refractivity contribution is 7.80. The Morgan fingerprint density at radius 2 is 1.42 bits per heavy atom. The molecule has 0 saturated carbocycles. The van der Waals surface area contributed by atoms with Crippen molar-refractivity contribution < 1.29 is 17.7 Å². The van der Waals surface area contributed by atoms with Gasteiger partial charge in [-0.25, -0.2) is 0 Å². The second-order valence-electron chi connectivity index (χ2n) is 6.14. The summed E-state index contributed by atoms with van der Waals surface area (Å²) in [5.41, 5.74) is 0.970. The largest absolute Gasteiger partial charge is 0.416 e. The molecule has 2 nitrogen and oxygen atoms in total. The van der Waals surface area contributed by atoms with Gasteiger partial charge < -0.3 is 4.67 Å². The molecule has 132 valence electrons. The van der Waals surface area contributed by atoms with Crippen LogP contribution in [-0.4, -0.2) is 0 Å². The van der Waals surface area contributed by atoms with Crippen molar-refractivity contribution in [3.05, 3.63) is 90.0 Å². The summed E-state index contributed by atoms with van der Waals surface area (Å²) in [5, 5.41) is 1.09. The Hall–Kier alpha value is -2.52. The molecule has 1 aliphatic heterocycles. The first kappa shape index (κ1) is 16.9. The fraction of sp³-hybridized carbons (Fsp3) is 0.100. The molecule has 1 heterocycles. The van der Waals surface area contributed by atoms with Gasteiger partial charge in [-0.05, 0) is 48.0 Å². The standard InChI is InChI=1S/C20H15F3NOP/c21-20(22,23)16-10-12-18(13-11-16)26(25)19-9-5-4-6-15(19)14-24(26)17-7-2-1-3-8-17/h1-13H,14H2. The Morgan fingerprint density at radius 3 is 2.08 bits per heavy atom. The molecule has 0 fully saturated rings. The number of benzene rings is 3. The third-order valence-electron chi connectivity index (χ3n) is 4.58. The number of hydrogen-bond donors (Lipinski definition) is 0. The molecule has 1 unspecified atom stereocenters. The molecule has 1 atom stereocenters. The summed E-state index contributed by atoms with van der Waals surface area (Å²) in [7, 11) is -3.25. The quantitative estimate of drug-likeness (QED) is 0.592. The fourth-order valence-corrected chi connectivity index (χ4v) is 6.32. The van der Waals surface area contributed by atoms with Crippen molar-refractivity contribution in [1.29, 1.82) is 0 Å². The first-order chi connectivity index (χ1) is 12.4. The Morgan fingerprint density at radius 1 is 0.808 bits per heavy atom. The van der Waals surface area contributed by atoms with Gasteiger partial charge in [0.2, 0.25) is 7.29 Å². The van der Waals surface area contributed by atoms with Crippen LogP contribution in [0.2, 0.25) is 0 Å². The number of halogens is 3. The van der Waals surface area contributed by atoms with E-state index in [2.05, 4.69) is 0 Å². The van der Waals surface area contributed by atoms with Crippen molar-refractivity contribution in [3.8, 4) is 0 Å². The van der Waals surface area contributed by atoms with E-state index >= 15 is 0 Å². The van der Waals surface area contributed by atoms with Gasteiger partial charge in [0.25, 0.3) is 0 Å². The lowest BCUT2D eigenvalue weighted by Gasteiger charge is -2.28. The molecule has 26 heavy (non-hydrogen) atoms. The van der Waals surface area contributed by atoms with Gasteiger partial charge in [0.15, 0.2) is 0 Å². The highest BCUT2D eigenvalue weighted by Gasteiger charge is 2.42. The van der Waals surface area contributed by atoms with E-state index in [0.717, 1.165) is 23.4 Å². The first-order valence-corrected chi connectivity index (χ1v) is 9.76. The van der Waals surface area contributed by atoms with Crippen LogP contribution in [0.15, 0.2) is 78.9 Å². The summed E-state index contributed by atoms with van der Waals surface area (Å²) in [6.45, 7) is 0.457. The van der Waals surface area contributed by atoms with E-state index in [-0.39, 0.29) is 0 Å². The van der Waals surface area contributed by atoms with E-state index < -0.39 is 19.0 Å². The Labute approximate surface area is 149 Å². The molecular weight excluding hydrogens is 358 g/mol. The Bertz CT molecular complexity index is 984. The average Bonchev–Trinajstić information content (AvgIpc) is 2.96. The Kier molecular flexibility index (Phi) is 3.92. The van der Waals surface area contributed by atoms with Crippen LogP contribution in [0.4, 0.5) is 18.9 Å². The van der Waals surface area contributed by atoms with Gasteiger partial charge in [-0.1, -0.05) is 36.4 Å². The normalized spacial score (nSPS) is 19.4. The van der Waals surface area contributed by atoms with Crippen molar-refractivity contribution in [2.75, 3.05) is 4.67 Å². The maximum atomic E-state index is 14.2. The lowest BCUT2D eigenvalue weighted by atomic mass is 10.2. The summed E-state index contributed by atoms with van der Waals surface area (Å²) in [6, 6.07) is 21.4. The number of hydrogen-bond acceptors (Lipinski definition) is 1. The molecule has 0 bridgehead atoms. The minimum Gasteiger partial charge on any atom is -0.311 e. The predicted molar refractivity (Wildman–Crippen MR) is 97.4 cm³/mol. The van der Waals surface area contributed by atoms with Gasteiger partial charge in [-0.15, -0.1) is 0 Å². The topological polar surface area (TPSA) is 20.3 Å². The molecule has 0 aromatic heterocycles. The number of fused-ring (bicyclic) bond motifs is 1. The summed E-state index contributed by atoms with van der Waals surface area (Å²) in [5.74, 6) is 0. The van der Waals surface area contributed by atoms with Crippen molar-refractivity contribution in [1.82, 2.24) is 0 Å². The lowest BCUT2D eigenvalue weighted by molar-refractivity contribution is -0.137. The molecule has 3 aromatic carbocycles. The second-order valence-corrected chi connectivity index (χ2v) is 8.78. The van der Waals surface area contributed by atoms with Crippen LogP contribution in [0.3, 0.4) is 0 Å². The minimum atomic E-state index is -4.42. The second kappa shape index (κ2) is 6.03. The molecule has 0 spiro atoms. The van der Waals surface area contributed by atoms with E-state index in [9.17, 15) is 17.7 Å². The summed E-state index contributed by atoms with van der Waals surface area (Å²) in [6.07, 6.45) is -4.42. The smallest absolute Gasteiger partial charge is 0.311 e. The average molecular weight is 373 g/mol. The zero-order valence-corrected chi connectivity index (χ0v) is 14.5. The van der Waals surface area contributed by atoms with Gasteiger partial charge in [-0.2, -0.15) is 13.2 Å². The zero-order valence-electron chi connectivity index (χ0n) is 13.6. The highest BCUT2D eigenvalue weighted by Crippen LogP contribution is 2.55. The molecule has 1 aliphatic rings. The molecule has 6 heteroatoms. The summed E-state index contributed by atoms with van der Waals surface area (Å²) >= 11 is 0. The van der Waals surface area contributed by atoms with Crippen LogP contribution >= 0.6 is 7.29 Å². The third-order valence-corrected chi connectivity index (χ3v) is 7.72. The van der Waals surface area contributed by atoms with Crippen molar-refractivity contribution in [2.45, 2.75) is 12.7 Å². The maximum Gasteiger partial charge on any atom is 0.416 e. The van der Waals surface area contributed by atoms with E-state index in [4.69, 9.17) is 0 Å². The highest BCUT2D eigenvalue weighted by atomic mass is 31.2. The molecule has 0 N–H and O–H groups in total. The van der Waals surface area contributed by atoms with Crippen molar-refractivity contribution >= 4 is 23.6 Å². The molecule has 3 aromatic rings. The van der Waals surface area contributed by atoms with Crippen LogP contribution in [0.5, 0.6) is 0 Å². The monoisotopic (exact) mass is 373 g/mol. The number of para-hydroxylation sites is 1. The van der Waals surface area contributed by atoms with Gasteiger partial charge in [0.05, 0.1) is 12.1 Å². The van der Waals surface area contributed by atoms with Crippen LogP contribution in [-0.2, 0) is 17.3 Å². The van der Waals surface area contributed by atoms with Gasteiger partial charge in [0, 0.05) is 16.3 Å².